The van der Waals surface area contributed by atoms with Crippen LogP contribution in [0.3, 0.4) is 0 Å². The fraction of sp³-hybridized carbons (Fsp3) is 0.842. The Morgan fingerprint density at radius 2 is 1.80 bits per heavy atom. The molecule has 11 heteroatoms. The van der Waals surface area contributed by atoms with E-state index < -0.39 is 42.7 Å². The number of carbonyl (C=O) groups excluding carboxylic acids is 2. The largest absolute Gasteiger partial charge is 0.614 e. The molecule has 2 amide bonds. The van der Waals surface area contributed by atoms with Gasteiger partial charge in [0, 0.05) is 13.7 Å². The van der Waals surface area contributed by atoms with Crippen molar-refractivity contribution in [1.29, 1.82) is 0 Å². The predicted octanol–water partition coefficient (Wildman–Crippen LogP) is 1.07. The molecule has 3 atom stereocenters. The third kappa shape index (κ3) is 5.25. The van der Waals surface area contributed by atoms with E-state index in [4.69, 9.17) is 19.8 Å². The maximum atomic E-state index is 13.3. The second kappa shape index (κ2) is 9.53. The number of alkyl carbamates (subject to hydrolysis) is 1. The van der Waals surface area contributed by atoms with Crippen LogP contribution in [0.2, 0.25) is 0 Å². The minimum absolute atomic E-state index is 0.267. The van der Waals surface area contributed by atoms with E-state index in [1.165, 1.54) is 14.2 Å². The second-order valence-electron chi connectivity index (χ2n) is 8.71. The summed E-state index contributed by atoms with van der Waals surface area (Å²) in [6.45, 7) is 9.95. The number of nitrogens with zero attached hydrogens (tertiary/aromatic N) is 2. The number of amidine groups is 1. The van der Waals surface area contributed by atoms with Gasteiger partial charge in [0.05, 0.1) is 30.5 Å². The van der Waals surface area contributed by atoms with Crippen LogP contribution in [0.1, 0.15) is 53.9 Å². The van der Waals surface area contributed by atoms with Crippen LogP contribution in [0.5, 0.6) is 0 Å². The summed E-state index contributed by atoms with van der Waals surface area (Å²) >= 11 is 0. The molecule has 2 aliphatic rings. The van der Waals surface area contributed by atoms with Gasteiger partial charge in [-0.2, -0.15) is 0 Å². The van der Waals surface area contributed by atoms with Gasteiger partial charge in [0.25, 0.3) is 0 Å². The minimum Gasteiger partial charge on any atom is -0.453 e. The van der Waals surface area contributed by atoms with Gasteiger partial charge in [-0.3, -0.25) is 9.70 Å². The summed E-state index contributed by atoms with van der Waals surface area (Å²) in [4.78, 5) is 31.1. The van der Waals surface area contributed by atoms with Crippen molar-refractivity contribution >= 4 is 25.1 Å². The second-order valence-corrected chi connectivity index (χ2v) is 8.71. The van der Waals surface area contributed by atoms with Gasteiger partial charge in [-0.1, -0.05) is 0 Å². The van der Waals surface area contributed by atoms with Crippen LogP contribution in [-0.2, 0) is 23.6 Å². The van der Waals surface area contributed by atoms with Gasteiger partial charge >= 0.3 is 13.3 Å². The van der Waals surface area contributed by atoms with Crippen LogP contribution < -0.4 is 11.1 Å². The number of nitrogens with two attached hydrogens (primary N) is 1. The molecule has 2 fully saturated rings. The number of rotatable bonds is 6. The fourth-order valence-corrected chi connectivity index (χ4v) is 3.46. The summed E-state index contributed by atoms with van der Waals surface area (Å²) in [5.41, 5.74) is 5.25. The molecule has 0 bridgehead atoms. The lowest BCUT2D eigenvalue weighted by Crippen LogP contribution is -2.60. The minimum atomic E-state index is -0.910. The van der Waals surface area contributed by atoms with E-state index in [9.17, 15) is 9.59 Å². The number of carbonyl (C=O) groups is 2. The van der Waals surface area contributed by atoms with E-state index in [0.29, 0.717) is 13.0 Å². The molecule has 170 valence electrons. The van der Waals surface area contributed by atoms with Gasteiger partial charge in [0.2, 0.25) is 5.91 Å². The SMILES string of the molecule is COC(=O)N[C@H](C(=O)N1CCCC[C@H]1/C(N)=N/B1OC(C)(C)C(C)(C)O1)[C@@H](C)OC. The Morgan fingerprint density at radius 3 is 2.33 bits per heavy atom. The molecule has 3 N–H and O–H groups in total. The molecule has 2 heterocycles. The zero-order valence-corrected chi connectivity index (χ0v) is 19.1. The maximum absolute atomic E-state index is 13.3. The van der Waals surface area contributed by atoms with E-state index in [1.54, 1.807) is 11.8 Å². The summed E-state index contributed by atoms with van der Waals surface area (Å²) in [5, 5.41) is 2.56. The van der Waals surface area contributed by atoms with Crippen molar-refractivity contribution in [2.24, 2.45) is 10.6 Å². The van der Waals surface area contributed by atoms with E-state index >= 15 is 0 Å². The molecule has 0 aromatic heterocycles. The van der Waals surface area contributed by atoms with Gasteiger partial charge in [0.1, 0.15) is 11.9 Å². The first-order chi connectivity index (χ1) is 13.9. The molecule has 0 saturated carbocycles. The average Bonchev–Trinajstić information content (AvgIpc) is 2.90. The molecular weight excluding hydrogens is 391 g/mol. The highest BCUT2D eigenvalue weighted by atomic mass is 16.7. The van der Waals surface area contributed by atoms with Crippen LogP contribution in [0.4, 0.5) is 4.79 Å². The molecule has 0 aliphatic carbocycles. The maximum Gasteiger partial charge on any atom is 0.614 e. The lowest BCUT2D eigenvalue weighted by Gasteiger charge is -2.38. The van der Waals surface area contributed by atoms with Gasteiger partial charge in [0.15, 0.2) is 0 Å². The number of methoxy groups -OCH3 is 2. The van der Waals surface area contributed by atoms with Crippen molar-refractivity contribution in [3.05, 3.63) is 0 Å². The lowest BCUT2D eigenvalue weighted by atomic mass is 9.90. The number of ether oxygens (including phenoxy) is 2. The van der Waals surface area contributed by atoms with Gasteiger partial charge in [-0.25, -0.2) is 4.79 Å². The number of likely N-dealkylation sites (tertiary alicyclic amines) is 1. The van der Waals surface area contributed by atoms with Gasteiger partial charge in [-0.15, -0.1) is 0 Å². The van der Waals surface area contributed by atoms with Crippen molar-refractivity contribution < 1.29 is 28.4 Å². The number of piperidine rings is 1. The average molecular weight is 426 g/mol. The standard InChI is InChI=1S/C19H35BN4O6/c1-12(27-6)14(22-17(26)28-7)16(25)24-11-9-8-10-13(24)15(21)23-20-29-18(2,3)19(4,5)30-20/h12-14H,8-11H2,1-7H3,(H2,21,23)(H,22,26)/t12-,13+,14+/m1/s1. The Morgan fingerprint density at radius 1 is 1.20 bits per heavy atom. The molecule has 30 heavy (non-hydrogen) atoms. The first-order valence-electron chi connectivity index (χ1n) is 10.3. The molecule has 2 aliphatic heterocycles. The summed E-state index contributed by atoms with van der Waals surface area (Å²) in [5.74, 6) is -0.0324. The predicted molar refractivity (Wildman–Crippen MR) is 113 cm³/mol. The van der Waals surface area contributed by atoms with E-state index in [1.807, 2.05) is 27.7 Å². The molecule has 10 nitrogen and oxygen atoms in total. The highest BCUT2D eigenvalue weighted by molar-refractivity contribution is 6.45. The first-order valence-corrected chi connectivity index (χ1v) is 10.3. The first kappa shape index (κ1) is 24.4. The Hall–Kier alpha value is -1.85. The Bertz CT molecular complexity index is 655. The molecule has 0 spiro atoms. The number of nitrogens with one attached hydrogen (secondary N) is 1. The van der Waals surface area contributed by atoms with E-state index in [2.05, 4.69) is 15.0 Å². The smallest absolute Gasteiger partial charge is 0.453 e. The normalized spacial score (nSPS) is 25.6. The summed E-state index contributed by atoms with van der Waals surface area (Å²) in [6.07, 6.45) is 1.14. The lowest BCUT2D eigenvalue weighted by molar-refractivity contribution is -0.138. The van der Waals surface area contributed by atoms with Crippen LogP contribution >= 0.6 is 0 Å². The third-order valence-electron chi connectivity index (χ3n) is 6.19. The number of hydrogen-bond acceptors (Lipinski definition) is 7. The van der Waals surface area contributed by atoms with Crippen molar-refractivity contribution in [3.63, 3.8) is 0 Å². The highest BCUT2D eigenvalue weighted by Gasteiger charge is 2.52. The van der Waals surface area contributed by atoms with Crippen molar-refractivity contribution in [2.75, 3.05) is 20.8 Å². The fourth-order valence-electron chi connectivity index (χ4n) is 3.46. The molecule has 0 radical (unpaired) electrons. The van der Waals surface area contributed by atoms with Crippen LogP contribution in [-0.4, -0.2) is 80.1 Å². The Kier molecular flexibility index (Phi) is 7.76. The molecule has 0 aromatic carbocycles. The Balaban J connectivity index is 2.22. The number of hydrogen-bond donors (Lipinski definition) is 2. The van der Waals surface area contributed by atoms with Gasteiger partial charge in [-0.05, 0) is 53.9 Å². The highest BCUT2D eigenvalue weighted by Crippen LogP contribution is 2.37. The Labute approximate surface area is 179 Å². The molecular formula is C19H35BN4O6. The number of amides is 2. The molecule has 0 aromatic rings. The third-order valence-corrected chi connectivity index (χ3v) is 6.19. The van der Waals surface area contributed by atoms with Crippen molar-refractivity contribution in [2.45, 2.75) is 83.3 Å². The van der Waals surface area contributed by atoms with Crippen molar-refractivity contribution in [3.8, 4) is 0 Å². The van der Waals surface area contributed by atoms with Gasteiger partial charge < -0.3 is 34.7 Å². The topological polar surface area (TPSA) is 125 Å². The molecule has 2 saturated heterocycles. The summed E-state index contributed by atoms with van der Waals surface area (Å²) in [6, 6.07) is -1.33. The zero-order valence-electron chi connectivity index (χ0n) is 19.1. The molecule has 2 rings (SSSR count). The summed E-state index contributed by atoms with van der Waals surface area (Å²) < 4.78 is 21.8. The van der Waals surface area contributed by atoms with Crippen LogP contribution in [0.15, 0.2) is 4.90 Å². The van der Waals surface area contributed by atoms with Crippen molar-refractivity contribution in [1.82, 2.24) is 10.2 Å². The van der Waals surface area contributed by atoms with Crippen LogP contribution in [0.25, 0.3) is 0 Å². The monoisotopic (exact) mass is 426 g/mol. The zero-order chi connectivity index (χ0) is 22.7. The quantitative estimate of drug-likeness (QED) is 0.370. The molecule has 0 unspecified atom stereocenters. The van der Waals surface area contributed by atoms with E-state index in [-0.39, 0.29) is 11.7 Å². The van der Waals surface area contributed by atoms with Crippen LogP contribution in [0, 0.1) is 0 Å². The van der Waals surface area contributed by atoms with E-state index in [0.717, 1.165) is 12.8 Å². The summed E-state index contributed by atoms with van der Waals surface area (Å²) in [7, 11) is 1.88.